The zero-order valence-electron chi connectivity index (χ0n) is 11.3. The molecule has 1 rings (SSSR count). The van der Waals surface area contributed by atoms with Gasteiger partial charge in [0.15, 0.2) is 0 Å². The van der Waals surface area contributed by atoms with Crippen LogP contribution in [-0.4, -0.2) is 33.4 Å². The van der Waals surface area contributed by atoms with Gasteiger partial charge in [0, 0.05) is 12.6 Å². The van der Waals surface area contributed by atoms with Crippen molar-refractivity contribution in [2.45, 2.75) is 26.7 Å². The first kappa shape index (κ1) is 15.7. The van der Waals surface area contributed by atoms with Crippen LogP contribution < -0.4 is 5.32 Å². The van der Waals surface area contributed by atoms with Gasteiger partial charge < -0.3 is 15.4 Å². The molecule has 20 heavy (non-hydrogen) atoms. The predicted molar refractivity (Wildman–Crippen MR) is 70.4 cm³/mol. The van der Waals surface area contributed by atoms with Crippen molar-refractivity contribution >= 4 is 17.6 Å². The van der Waals surface area contributed by atoms with Gasteiger partial charge in [-0.2, -0.15) is 0 Å². The van der Waals surface area contributed by atoms with Crippen molar-refractivity contribution in [3.8, 4) is 0 Å². The number of nitrogens with zero attached hydrogens (tertiary/aromatic N) is 1. The summed E-state index contributed by atoms with van der Waals surface area (Å²) in [7, 11) is 0. The van der Waals surface area contributed by atoms with Crippen molar-refractivity contribution in [2.24, 2.45) is 5.41 Å². The molecular formula is C12H17N3O5. The third-order valence-electron chi connectivity index (χ3n) is 3.52. The molecule has 8 nitrogen and oxygen atoms in total. The van der Waals surface area contributed by atoms with Gasteiger partial charge >= 0.3 is 5.97 Å². The zero-order valence-corrected chi connectivity index (χ0v) is 11.3. The molecule has 110 valence electrons. The summed E-state index contributed by atoms with van der Waals surface area (Å²) in [4.78, 5) is 35.5. The molecule has 0 bridgehead atoms. The minimum absolute atomic E-state index is 0.0268. The van der Waals surface area contributed by atoms with E-state index in [9.17, 15) is 24.8 Å². The van der Waals surface area contributed by atoms with Crippen LogP contribution in [0.3, 0.4) is 0 Å². The van der Waals surface area contributed by atoms with Crippen LogP contribution in [0.2, 0.25) is 0 Å². The molecule has 8 heteroatoms. The molecule has 0 aliphatic heterocycles. The van der Waals surface area contributed by atoms with Gasteiger partial charge in [-0.05, 0) is 12.8 Å². The predicted octanol–water partition coefficient (Wildman–Crippen LogP) is 1.54. The fraction of sp³-hybridized carbons (Fsp3) is 0.500. The summed E-state index contributed by atoms with van der Waals surface area (Å²) in [6.45, 7) is 3.45. The Balaban J connectivity index is 2.75. The fourth-order valence-electron chi connectivity index (χ4n) is 1.84. The number of H-pyrrole nitrogens is 1. The average Bonchev–Trinajstić information content (AvgIpc) is 2.89. The molecule has 1 aromatic rings. The number of aromatic amines is 1. The van der Waals surface area contributed by atoms with E-state index in [1.54, 1.807) is 13.8 Å². The maximum Gasteiger partial charge on any atom is 0.311 e. The van der Waals surface area contributed by atoms with Crippen molar-refractivity contribution in [2.75, 3.05) is 6.54 Å². The van der Waals surface area contributed by atoms with E-state index in [4.69, 9.17) is 0 Å². The smallest absolute Gasteiger partial charge is 0.311 e. The molecule has 0 atom stereocenters. The molecule has 0 unspecified atom stereocenters. The first-order valence-corrected chi connectivity index (χ1v) is 6.20. The monoisotopic (exact) mass is 283 g/mol. The molecule has 1 heterocycles. The molecule has 1 amide bonds. The number of aliphatic carboxylic acids is 1. The molecule has 0 aliphatic rings. The summed E-state index contributed by atoms with van der Waals surface area (Å²) in [5.74, 6) is -1.54. The van der Waals surface area contributed by atoms with Crippen molar-refractivity contribution < 1.29 is 19.6 Å². The van der Waals surface area contributed by atoms with Crippen molar-refractivity contribution in [1.82, 2.24) is 10.3 Å². The van der Waals surface area contributed by atoms with Crippen molar-refractivity contribution in [3.63, 3.8) is 0 Å². The van der Waals surface area contributed by atoms with E-state index < -0.39 is 22.2 Å². The molecule has 0 aromatic carbocycles. The first-order chi connectivity index (χ1) is 9.36. The average molecular weight is 283 g/mol. The van der Waals surface area contributed by atoms with Crippen molar-refractivity contribution in [3.05, 3.63) is 28.1 Å². The Hall–Kier alpha value is -2.38. The van der Waals surface area contributed by atoms with E-state index in [-0.39, 0.29) is 17.9 Å². The number of nitrogens with one attached hydrogen (secondary N) is 2. The largest absolute Gasteiger partial charge is 0.481 e. The Labute approximate surface area is 115 Å². The SMILES string of the molecule is CCC(CC)(CNC(=O)c1cc([N+](=O)[O-])c[nH]1)C(=O)O. The van der Waals surface area contributed by atoms with Crippen LogP contribution in [0.1, 0.15) is 37.2 Å². The molecule has 0 saturated carbocycles. The third kappa shape index (κ3) is 3.14. The van der Waals surface area contributed by atoms with Crippen LogP contribution in [0.4, 0.5) is 5.69 Å². The highest BCUT2D eigenvalue weighted by Gasteiger charge is 2.35. The number of carbonyl (C=O) groups is 2. The lowest BCUT2D eigenvalue weighted by Gasteiger charge is -2.26. The normalized spacial score (nSPS) is 11.1. The number of rotatable bonds is 7. The minimum Gasteiger partial charge on any atom is -0.481 e. The van der Waals surface area contributed by atoms with Gasteiger partial charge in [0.1, 0.15) is 5.69 Å². The second-order valence-corrected chi connectivity index (χ2v) is 4.50. The van der Waals surface area contributed by atoms with E-state index in [1.807, 2.05) is 0 Å². The Morgan fingerprint density at radius 2 is 2.05 bits per heavy atom. The number of carbonyl (C=O) groups excluding carboxylic acids is 1. The van der Waals surface area contributed by atoms with Gasteiger partial charge in [-0.15, -0.1) is 0 Å². The van der Waals surface area contributed by atoms with Gasteiger partial charge in [-0.3, -0.25) is 19.7 Å². The number of aromatic nitrogens is 1. The summed E-state index contributed by atoms with van der Waals surface area (Å²) >= 11 is 0. The molecular weight excluding hydrogens is 266 g/mol. The molecule has 0 radical (unpaired) electrons. The van der Waals surface area contributed by atoms with Crippen molar-refractivity contribution in [1.29, 1.82) is 0 Å². The summed E-state index contributed by atoms with van der Waals surface area (Å²) in [5.41, 5.74) is -1.21. The number of carboxylic acid groups (broad SMARTS) is 1. The zero-order chi connectivity index (χ0) is 15.3. The number of amides is 1. The molecule has 0 fully saturated rings. The second-order valence-electron chi connectivity index (χ2n) is 4.50. The highest BCUT2D eigenvalue weighted by atomic mass is 16.6. The maximum atomic E-state index is 11.8. The minimum atomic E-state index is -1.02. The van der Waals surface area contributed by atoms with E-state index in [0.29, 0.717) is 12.8 Å². The first-order valence-electron chi connectivity index (χ1n) is 6.20. The lowest BCUT2D eigenvalue weighted by atomic mass is 9.82. The summed E-state index contributed by atoms with van der Waals surface area (Å²) in [6, 6.07) is 1.11. The lowest BCUT2D eigenvalue weighted by molar-refractivity contribution is -0.384. The third-order valence-corrected chi connectivity index (χ3v) is 3.52. The van der Waals surface area contributed by atoms with E-state index in [0.717, 1.165) is 12.3 Å². The standard InChI is InChI=1S/C12H17N3O5/c1-3-12(4-2,11(17)18)7-14-10(16)9-5-8(6-13-9)15(19)20/h5-6,13H,3-4,7H2,1-2H3,(H,14,16)(H,17,18). The Kier molecular flexibility index (Phi) is 4.84. The van der Waals surface area contributed by atoms with E-state index in [2.05, 4.69) is 10.3 Å². The van der Waals surface area contributed by atoms with E-state index in [1.165, 1.54) is 0 Å². The second kappa shape index (κ2) is 6.18. The maximum absolute atomic E-state index is 11.8. The van der Waals surface area contributed by atoms with Crippen LogP contribution >= 0.6 is 0 Å². The van der Waals surface area contributed by atoms with Gasteiger partial charge in [-0.25, -0.2) is 0 Å². The quantitative estimate of drug-likeness (QED) is 0.517. The highest BCUT2D eigenvalue weighted by Crippen LogP contribution is 2.25. The summed E-state index contributed by atoms with van der Waals surface area (Å²) in [5, 5.41) is 22.2. The van der Waals surface area contributed by atoms with Gasteiger partial charge in [-0.1, -0.05) is 13.8 Å². The highest BCUT2D eigenvalue weighted by molar-refractivity contribution is 5.93. The Bertz CT molecular complexity index is 519. The Morgan fingerprint density at radius 1 is 1.45 bits per heavy atom. The number of nitro groups is 1. The van der Waals surface area contributed by atoms with Crippen LogP contribution in [0.15, 0.2) is 12.3 Å². The molecule has 0 aliphatic carbocycles. The van der Waals surface area contributed by atoms with Crippen LogP contribution in [0, 0.1) is 15.5 Å². The Morgan fingerprint density at radius 3 is 2.45 bits per heavy atom. The molecule has 1 aromatic heterocycles. The van der Waals surface area contributed by atoms with Gasteiger partial charge in [0.05, 0.1) is 16.5 Å². The van der Waals surface area contributed by atoms with Crippen LogP contribution in [-0.2, 0) is 4.79 Å². The molecule has 0 spiro atoms. The van der Waals surface area contributed by atoms with Gasteiger partial charge in [0.25, 0.3) is 11.6 Å². The fourth-order valence-corrected chi connectivity index (χ4v) is 1.84. The van der Waals surface area contributed by atoms with E-state index >= 15 is 0 Å². The summed E-state index contributed by atoms with van der Waals surface area (Å²) in [6.07, 6.45) is 1.87. The van der Waals surface area contributed by atoms with Crippen LogP contribution in [0.5, 0.6) is 0 Å². The topological polar surface area (TPSA) is 125 Å². The number of hydrogen-bond acceptors (Lipinski definition) is 4. The van der Waals surface area contributed by atoms with Crippen LogP contribution in [0.25, 0.3) is 0 Å². The number of hydrogen-bond donors (Lipinski definition) is 3. The van der Waals surface area contributed by atoms with Gasteiger partial charge in [0.2, 0.25) is 0 Å². The lowest BCUT2D eigenvalue weighted by Crippen LogP contribution is -2.42. The molecule has 3 N–H and O–H groups in total. The summed E-state index contributed by atoms with van der Waals surface area (Å²) < 4.78 is 0. The molecule has 0 saturated heterocycles. The number of carboxylic acids is 1.